The van der Waals surface area contributed by atoms with Crippen molar-refractivity contribution < 1.29 is 0 Å². The Morgan fingerprint density at radius 1 is 0.353 bits per heavy atom. The number of aryl methyl sites for hydroxylation is 4. The summed E-state index contributed by atoms with van der Waals surface area (Å²) in [6.45, 7) is 11.4. The molecule has 234 valence electrons. The first kappa shape index (κ1) is 26.7. The van der Waals surface area contributed by atoms with Gasteiger partial charge in [0.05, 0.1) is 0 Å². The Labute approximate surface area is 293 Å². The summed E-state index contributed by atoms with van der Waals surface area (Å²) in [7, 11) is 0. The lowest BCUT2D eigenvalue weighted by molar-refractivity contribution is 1.27. The third kappa shape index (κ3) is 2.66. The van der Waals surface area contributed by atoms with Crippen molar-refractivity contribution in [1.82, 2.24) is 0 Å². The molecule has 0 heterocycles. The predicted octanol–water partition coefficient (Wildman–Crippen LogP) is 14.2. The standard InChI is InChI=1S/C51H30/c1-7-27-8-13-31-25(5)32-14-10-29-12-17-37-41-35(30-20-22(2)24(4)23(3)21-30)19-18-34-26(6)33-15-9-28-11-16-36-38(27)42(31)48-43(32)40(29)47(37)51-49(45(34)41)44(33)39(28)46(36)50(48)51/h1,8-21H,2-6H3. The Hall–Kier alpha value is -6.16. The number of hydrogen-bond donors (Lipinski definition) is 0. The van der Waals surface area contributed by atoms with Gasteiger partial charge in [-0.15, -0.1) is 6.42 Å². The fourth-order valence-electron chi connectivity index (χ4n) is 11.2. The summed E-state index contributed by atoms with van der Waals surface area (Å²) in [6.07, 6.45) is 6.36. The van der Waals surface area contributed by atoms with E-state index in [9.17, 15) is 0 Å². The lowest BCUT2D eigenvalue weighted by atomic mass is 9.73. The highest BCUT2D eigenvalue weighted by atomic mass is 14.3. The number of benzene rings is 13. The minimum atomic E-state index is 0.982. The zero-order valence-corrected chi connectivity index (χ0v) is 29.2. The molecule has 0 spiro atoms. The molecule has 0 amide bonds. The highest BCUT2D eigenvalue weighted by molar-refractivity contribution is 6.59. The van der Waals surface area contributed by atoms with Crippen LogP contribution in [-0.4, -0.2) is 0 Å². The predicted molar refractivity (Wildman–Crippen MR) is 223 cm³/mol. The second-order valence-corrected chi connectivity index (χ2v) is 15.6. The van der Waals surface area contributed by atoms with Crippen LogP contribution in [0.1, 0.15) is 33.4 Å². The van der Waals surface area contributed by atoms with Crippen molar-refractivity contribution in [2.45, 2.75) is 34.6 Å². The van der Waals surface area contributed by atoms with Gasteiger partial charge in [0.2, 0.25) is 0 Å². The maximum Gasteiger partial charge on any atom is 0.0327 e. The summed E-state index contributed by atoms with van der Waals surface area (Å²) < 4.78 is 0. The van der Waals surface area contributed by atoms with Crippen LogP contribution in [0.3, 0.4) is 0 Å². The molecule has 0 nitrogen and oxygen atoms in total. The van der Waals surface area contributed by atoms with E-state index in [-0.39, 0.29) is 0 Å². The maximum absolute atomic E-state index is 6.36. The molecule has 51 heavy (non-hydrogen) atoms. The second-order valence-electron chi connectivity index (χ2n) is 15.6. The van der Waals surface area contributed by atoms with E-state index in [1.807, 2.05) is 0 Å². The van der Waals surface area contributed by atoms with E-state index in [4.69, 9.17) is 6.42 Å². The zero-order chi connectivity index (χ0) is 33.9. The topological polar surface area (TPSA) is 0 Å². The Bertz CT molecular complexity index is 3710. The Balaban J connectivity index is 1.48. The summed E-state index contributed by atoms with van der Waals surface area (Å²) in [6, 6.07) is 33.2. The number of fused-ring (bicyclic) bond motifs is 2. The van der Waals surface area contributed by atoms with Crippen LogP contribution in [0.2, 0.25) is 0 Å². The highest BCUT2D eigenvalue weighted by Gasteiger charge is 2.31. The molecular weight excluding hydrogens is 613 g/mol. The minimum Gasteiger partial charge on any atom is -0.115 e. The average Bonchev–Trinajstić information content (AvgIpc) is 3.15. The van der Waals surface area contributed by atoms with Crippen LogP contribution in [0.4, 0.5) is 0 Å². The van der Waals surface area contributed by atoms with Crippen LogP contribution in [0.25, 0.3) is 130 Å². The van der Waals surface area contributed by atoms with Crippen LogP contribution in [0.15, 0.2) is 84.9 Å². The van der Waals surface area contributed by atoms with E-state index in [0.717, 1.165) is 5.56 Å². The smallest absolute Gasteiger partial charge is 0.0327 e. The molecule has 13 aromatic carbocycles. The van der Waals surface area contributed by atoms with Crippen molar-refractivity contribution in [3.05, 3.63) is 118 Å². The van der Waals surface area contributed by atoms with Crippen molar-refractivity contribution in [3.8, 4) is 23.5 Å². The molecule has 0 saturated carbocycles. The second kappa shape index (κ2) is 8.24. The van der Waals surface area contributed by atoms with Gasteiger partial charge in [0.1, 0.15) is 0 Å². The molecule has 0 aromatic heterocycles. The van der Waals surface area contributed by atoms with Crippen LogP contribution in [0.5, 0.6) is 0 Å². The summed E-state index contributed by atoms with van der Waals surface area (Å²) >= 11 is 0. The Morgan fingerprint density at radius 2 is 0.745 bits per heavy atom. The summed E-state index contributed by atoms with van der Waals surface area (Å²) in [5.74, 6) is 3.13. The van der Waals surface area contributed by atoms with Gasteiger partial charge in [0, 0.05) is 10.9 Å². The first-order valence-corrected chi connectivity index (χ1v) is 18.2. The van der Waals surface area contributed by atoms with Crippen molar-refractivity contribution in [2.24, 2.45) is 0 Å². The third-order valence-electron chi connectivity index (χ3n) is 13.6. The van der Waals surface area contributed by atoms with E-state index in [0.29, 0.717) is 0 Å². The molecule has 0 heteroatoms. The fourth-order valence-corrected chi connectivity index (χ4v) is 11.2. The van der Waals surface area contributed by atoms with E-state index in [2.05, 4.69) is 125 Å². The van der Waals surface area contributed by atoms with E-state index < -0.39 is 0 Å². The molecule has 0 radical (unpaired) electrons. The molecule has 13 aromatic rings. The zero-order valence-electron chi connectivity index (χ0n) is 29.2. The summed E-state index contributed by atoms with van der Waals surface area (Å²) in [5.41, 5.74) is 10.4. The van der Waals surface area contributed by atoms with Crippen LogP contribution < -0.4 is 0 Å². The summed E-state index contributed by atoms with van der Waals surface area (Å²) in [5, 5.41) is 30.0. The molecule has 0 aliphatic rings. The number of terminal acetylenes is 1. The van der Waals surface area contributed by atoms with Gasteiger partial charge in [0.15, 0.2) is 0 Å². The number of rotatable bonds is 1. The first-order chi connectivity index (χ1) is 24.9. The Morgan fingerprint density at radius 3 is 1.27 bits per heavy atom. The van der Waals surface area contributed by atoms with Gasteiger partial charge >= 0.3 is 0 Å². The summed E-state index contributed by atoms with van der Waals surface area (Å²) in [4.78, 5) is 0. The van der Waals surface area contributed by atoms with Crippen molar-refractivity contribution in [1.29, 1.82) is 0 Å². The van der Waals surface area contributed by atoms with Gasteiger partial charge in [-0.3, -0.25) is 0 Å². The molecule has 0 aliphatic carbocycles. The highest BCUT2D eigenvalue weighted by Crippen LogP contribution is 2.60. The van der Waals surface area contributed by atoms with Crippen molar-refractivity contribution in [3.63, 3.8) is 0 Å². The maximum atomic E-state index is 6.36. The molecule has 0 aliphatic heterocycles. The monoisotopic (exact) mass is 642 g/mol. The van der Waals surface area contributed by atoms with E-state index in [1.165, 1.54) is 157 Å². The van der Waals surface area contributed by atoms with Gasteiger partial charge in [0.25, 0.3) is 0 Å². The van der Waals surface area contributed by atoms with Crippen molar-refractivity contribution in [2.75, 3.05) is 0 Å². The van der Waals surface area contributed by atoms with Crippen LogP contribution in [-0.2, 0) is 0 Å². The van der Waals surface area contributed by atoms with Gasteiger partial charge in [-0.05, 0) is 193 Å². The fraction of sp³-hybridized carbons (Fsp3) is 0.0980. The molecule has 13 rings (SSSR count). The molecular formula is C51H30. The van der Waals surface area contributed by atoms with Crippen molar-refractivity contribution >= 4 is 118 Å². The number of hydrogen-bond acceptors (Lipinski definition) is 0. The molecule has 0 unspecified atom stereocenters. The molecule has 0 atom stereocenters. The quantitative estimate of drug-likeness (QED) is 0.0949. The van der Waals surface area contributed by atoms with Gasteiger partial charge in [-0.25, -0.2) is 0 Å². The van der Waals surface area contributed by atoms with Crippen LogP contribution in [0, 0.1) is 47.0 Å². The van der Waals surface area contributed by atoms with Crippen LogP contribution >= 0.6 is 0 Å². The van der Waals surface area contributed by atoms with Gasteiger partial charge in [-0.2, -0.15) is 0 Å². The normalized spacial score (nSPS) is 13.2. The van der Waals surface area contributed by atoms with E-state index in [1.54, 1.807) is 0 Å². The lowest BCUT2D eigenvalue weighted by Crippen LogP contribution is -2.01. The Kier molecular flexibility index (Phi) is 4.31. The third-order valence-corrected chi connectivity index (χ3v) is 13.6. The van der Waals surface area contributed by atoms with E-state index >= 15 is 0 Å². The first-order valence-electron chi connectivity index (χ1n) is 18.2. The molecule has 0 bridgehead atoms. The molecule has 0 N–H and O–H groups in total. The average molecular weight is 643 g/mol. The SMILES string of the molecule is C#Cc1ccc2c(C)c3ccc4ccc5c6c(-c7cc(C)c(C)c(C)c7)ccc7c(C)c8ccc9ccc%10c1c2c1c3c4c5c2c(c76)c8c9c%10c12. The van der Waals surface area contributed by atoms with Gasteiger partial charge in [-0.1, -0.05) is 84.8 Å². The van der Waals surface area contributed by atoms with Gasteiger partial charge < -0.3 is 0 Å². The lowest BCUT2D eigenvalue weighted by Gasteiger charge is -2.29. The molecule has 0 fully saturated rings. The molecule has 0 saturated heterocycles. The minimum absolute atomic E-state index is 0.982. The largest absolute Gasteiger partial charge is 0.115 e.